The fraction of sp³-hybridized carbons (Fsp3) is 0.323. The average molecular weight is 512 g/mol. The summed E-state index contributed by atoms with van der Waals surface area (Å²) in [4.78, 5) is 18.9. The summed E-state index contributed by atoms with van der Waals surface area (Å²) in [6, 6.07) is 22.6. The number of carbonyl (C=O) groups excluding carboxylic acids is 1. The van der Waals surface area contributed by atoms with E-state index in [1.807, 2.05) is 49.5 Å². The number of hydrogen-bond acceptors (Lipinski definition) is 4. The molecule has 0 saturated heterocycles. The Morgan fingerprint density at radius 1 is 1.05 bits per heavy atom. The molecule has 5 nitrogen and oxygen atoms in total. The van der Waals surface area contributed by atoms with Crippen LogP contribution < -0.4 is 10.6 Å². The minimum absolute atomic E-state index is 0.0317. The van der Waals surface area contributed by atoms with Crippen LogP contribution in [0.2, 0.25) is 0 Å². The summed E-state index contributed by atoms with van der Waals surface area (Å²) >= 11 is 1.75. The van der Waals surface area contributed by atoms with E-state index in [1.165, 1.54) is 11.3 Å². The summed E-state index contributed by atoms with van der Waals surface area (Å²) in [7, 11) is 0. The predicted octanol–water partition coefficient (Wildman–Crippen LogP) is 7.04. The van der Waals surface area contributed by atoms with Crippen molar-refractivity contribution < 1.29 is 9.21 Å². The predicted molar refractivity (Wildman–Crippen MR) is 151 cm³/mol. The zero-order chi connectivity index (χ0) is 25.3. The molecule has 2 aromatic carbocycles. The Morgan fingerprint density at radius 3 is 2.68 bits per heavy atom. The molecule has 6 heteroatoms. The number of hydrogen-bond donors (Lipinski definition) is 3. The monoisotopic (exact) mass is 511 g/mol. The summed E-state index contributed by atoms with van der Waals surface area (Å²) in [5.74, 6) is 0.856. The van der Waals surface area contributed by atoms with E-state index in [2.05, 4.69) is 51.3 Å². The van der Waals surface area contributed by atoms with E-state index >= 15 is 0 Å². The maximum Gasteiger partial charge on any atom is 0.241 e. The third kappa shape index (κ3) is 4.72. The van der Waals surface area contributed by atoms with Crippen molar-refractivity contribution >= 4 is 39.1 Å². The highest BCUT2D eigenvalue weighted by Crippen LogP contribution is 2.40. The SMILES string of the molecule is CC(Cc1c[nH]c2ccccc12)(NCc1cc2ccccc2o1)C(=O)NC1(c2cccs2)CCCCC1. The summed E-state index contributed by atoms with van der Waals surface area (Å²) < 4.78 is 6.08. The number of carbonyl (C=O) groups is 1. The van der Waals surface area contributed by atoms with Crippen LogP contribution in [-0.4, -0.2) is 16.4 Å². The first-order valence-electron chi connectivity index (χ1n) is 13.2. The number of rotatable bonds is 8. The first-order valence-corrected chi connectivity index (χ1v) is 14.1. The Hall–Kier alpha value is -3.35. The van der Waals surface area contributed by atoms with Crippen LogP contribution in [0.3, 0.4) is 0 Å². The van der Waals surface area contributed by atoms with Crippen LogP contribution in [0.25, 0.3) is 21.9 Å². The fourth-order valence-corrected chi connectivity index (χ4v) is 6.72. The molecule has 6 rings (SSSR count). The van der Waals surface area contributed by atoms with Crippen LogP contribution in [0, 0.1) is 0 Å². The van der Waals surface area contributed by atoms with Crippen LogP contribution in [0.4, 0.5) is 0 Å². The van der Waals surface area contributed by atoms with Gasteiger partial charge in [-0.1, -0.05) is 61.7 Å². The van der Waals surface area contributed by atoms with Crippen LogP contribution in [-0.2, 0) is 23.3 Å². The lowest BCUT2D eigenvalue weighted by Gasteiger charge is -2.41. The standard InChI is InChI=1S/C31H33N3O2S/c1-30(19-23-20-32-26-12-5-4-11-25(23)26,33-21-24-18-22-10-3-6-13-27(22)36-24)29(35)34-31(15-7-2-8-16-31)28-14-9-17-37-28/h3-6,9-14,17-18,20,32-33H,2,7-8,15-16,19,21H2,1H3,(H,34,35). The molecule has 37 heavy (non-hydrogen) atoms. The van der Waals surface area contributed by atoms with E-state index in [1.54, 1.807) is 11.3 Å². The molecule has 0 radical (unpaired) electrons. The van der Waals surface area contributed by atoms with Crippen LogP contribution in [0.15, 0.2) is 82.7 Å². The molecule has 0 aliphatic heterocycles. The van der Waals surface area contributed by atoms with Crippen LogP contribution >= 0.6 is 11.3 Å². The minimum Gasteiger partial charge on any atom is -0.460 e. The Kier molecular flexibility index (Phi) is 6.39. The molecule has 3 N–H and O–H groups in total. The zero-order valence-corrected chi connectivity index (χ0v) is 22.0. The lowest BCUT2D eigenvalue weighted by molar-refractivity contribution is -0.129. The zero-order valence-electron chi connectivity index (χ0n) is 21.2. The number of thiophene rings is 1. The molecule has 3 heterocycles. The van der Waals surface area contributed by atoms with Crippen molar-refractivity contribution in [3.05, 3.63) is 94.5 Å². The van der Waals surface area contributed by atoms with Gasteiger partial charge < -0.3 is 14.7 Å². The van der Waals surface area contributed by atoms with Crippen molar-refractivity contribution in [2.75, 3.05) is 0 Å². The van der Waals surface area contributed by atoms with Crippen molar-refractivity contribution in [2.45, 2.75) is 63.1 Å². The van der Waals surface area contributed by atoms with Crippen LogP contribution in [0.5, 0.6) is 0 Å². The van der Waals surface area contributed by atoms with Crippen molar-refractivity contribution in [3.8, 4) is 0 Å². The van der Waals surface area contributed by atoms with Crippen molar-refractivity contribution in [3.63, 3.8) is 0 Å². The van der Waals surface area contributed by atoms with Crippen LogP contribution in [0.1, 0.15) is 55.2 Å². The third-order valence-electron chi connectivity index (χ3n) is 7.90. The van der Waals surface area contributed by atoms with E-state index in [9.17, 15) is 4.79 Å². The number of aromatic nitrogens is 1. The molecule has 1 aliphatic carbocycles. The molecule has 1 aliphatic rings. The van der Waals surface area contributed by atoms with Gasteiger partial charge in [0.15, 0.2) is 0 Å². The summed E-state index contributed by atoms with van der Waals surface area (Å²) in [5.41, 5.74) is 1.93. The van der Waals surface area contributed by atoms with E-state index in [-0.39, 0.29) is 11.4 Å². The number of fused-ring (bicyclic) bond motifs is 2. The number of H-pyrrole nitrogens is 1. The number of nitrogens with one attached hydrogen (secondary N) is 3. The van der Waals surface area contributed by atoms with Gasteiger partial charge in [-0.25, -0.2) is 0 Å². The minimum atomic E-state index is -0.842. The third-order valence-corrected chi connectivity index (χ3v) is 8.98. The van der Waals surface area contributed by atoms with Gasteiger partial charge in [-0.05, 0) is 55.0 Å². The molecular weight excluding hydrogens is 478 g/mol. The second-order valence-electron chi connectivity index (χ2n) is 10.5. The highest BCUT2D eigenvalue weighted by Gasteiger charge is 2.42. The van der Waals surface area contributed by atoms with E-state index in [4.69, 9.17) is 4.42 Å². The van der Waals surface area contributed by atoms with Gasteiger partial charge in [0.2, 0.25) is 5.91 Å². The molecule has 1 atom stereocenters. The smallest absolute Gasteiger partial charge is 0.241 e. The molecular formula is C31H33N3O2S. The summed E-state index contributed by atoms with van der Waals surface area (Å²) in [6.45, 7) is 2.49. The first-order chi connectivity index (χ1) is 18.0. The van der Waals surface area contributed by atoms with Crippen molar-refractivity contribution in [1.29, 1.82) is 0 Å². The second-order valence-corrected chi connectivity index (χ2v) is 11.5. The van der Waals surface area contributed by atoms with Gasteiger partial charge in [-0.2, -0.15) is 0 Å². The maximum absolute atomic E-state index is 14.3. The number of furan rings is 1. The molecule has 1 fully saturated rings. The van der Waals surface area contributed by atoms with Gasteiger partial charge in [-0.3, -0.25) is 10.1 Å². The quantitative estimate of drug-likeness (QED) is 0.209. The Balaban J connectivity index is 1.32. The normalized spacial score (nSPS) is 17.1. The largest absolute Gasteiger partial charge is 0.460 e. The van der Waals surface area contributed by atoms with Gasteiger partial charge in [0.1, 0.15) is 11.3 Å². The molecule has 3 aromatic heterocycles. The molecule has 0 bridgehead atoms. The highest BCUT2D eigenvalue weighted by atomic mass is 32.1. The highest BCUT2D eigenvalue weighted by molar-refractivity contribution is 7.10. The Labute approximate surface area is 221 Å². The van der Waals surface area contributed by atoms with Crippen molar-refractivity contribution in [2.24, 2.45) is 0 Å². The van der Waals surface area contributed by atoms with E-state index in [0.29, 0.717) is 13.0 Å². The molecule has 0 spiro atoms. The maximum atomic E-state index is 14.3. The van der Waals surface area contributed by atoms with Gasteiger partial charge in [0.05, 0.1) is 17.6 Å². The lowest BCUT2D eigenvalue weighted by Crippen LogP contribution is -2.60. The second kappa shape index (κ2) is 9.84. The molecule has 1 saturated carbocycles. The van der Waals surface area contributed by atoms with Gasteiger partial charge in [0, 0.05) is 33.8 Å². The summed E-state index contributed by atoms with van der Waals surface area (Å²) in [6.07, 6.45) is 8.03. The summed E-state index contributed by atoms with van der Waals surface area (Å²) in [5, 5.41) is 11.5. The lowest BCUT2D eigenvalue weighted by atomic mass is 9.79. The Bertz CT molecular complexity index is 1480. The molecule has 5 aromatic rings. The molecule has 1 unspecified atom stereocenters. The van der Waals surface area contributed by atoms with Crippen molar-refractivity contribution in [1.82, 2.24) is 15.6 Å². The van der Waals surface area contributed by atoms with Gasteiger partial charge in [-0.15, -0.1) is 11.3 Å². The topological polar surface area (TPSA) is 70.1 Å². The molecule has 190 valence electrons. The number of amides is 1. The molecule has 1 amide bonds. The first kappa shape index (κ1) is 24.0. The number of aromatic amines is 1. The Morgan fingerprint density at radius 2 is 1.86 bits per heavy atom. The number of para-hydroxylation sites is 2. The average Bonchev–Trinajstić information content (AvgIpc) is 3.68. The van der Waals surface area contributed by atoms with Gasteiger partial charge in [0.25, 0.3) is 0 Å². The van der Waals surface area contributed by atoms with Gasteiger partial charge >= 0.3 is 0 Å². The van der Waals surface area contributed by atoms with E-state index < -0.39 is 5.54 Å². The number of benzene rings is 2. The van der Waals surface area contributed by atoms with E-state index in [0.717, 1.165) is 58.9 Å². The fourth-order valence-electron chi connectivity index (χ4n) is 5.78.